The van der Waals surface area contributed by atoms with E-state index in [2.05, 4.69) is 0 Å². The molecule has 0 radical (unpaired) electrons. The van der Waals surface area contributed by atoms with Gasteiger partial charge >= 0.3 is 5.97 Å². The van der Waals surface area contributed by atoms with Gasteiger partial charge in [-0.1, -0.05) is 48.0 Å². The monoisotopic (exact) mass is 404 g/mol. The van der Waals surface area contributed by atoms with Crippen molar-refractivity contribution >= 4 is 40.7 Å². The van der Waals surface area contributed by atoms with Gasteiger partial charge in [0.15, 0.2) is 0 Å². The van der Waals surface area contributed by atoms with Crippen molar-refractivity contribution in [2.24, 2.45) is 0 Å². The molecule has 0 spiro atoms. The van der Waals surface area contributed by atoms with E-state index in [0.717, 1.165) is 33.6 Å². The zero-order chi connectivity index (χ0) is 20.4. The second-order valence-corrected chi connectivity index (χ2v) is 6.94. The Morgan fingerprint density at radius 1 is 1.00 bits per heavy atom. The molecule has 3 aromatic carbocycles. The van der Waals surface area contributed by atoms with Gasteiger partial charge in [0.05, 0.1) is 12.7 Å². The number of hydrogen-bond acceptors (Lipinski definition) is 3. The number of carbonyl (C=O) groups is 1. The fourth-order valence-corrected chi connectivity index (χ4v) is 3.28. The second kappa shape index (κ2) is 7.86. The minimum absolute atomic E-state index is 0.208. The number of fused-ring (bicyclic) bond motifs is 1. The van der Waals surface area contributed by atoms with Gasteiger partial charge in [-0.25, -0.2) is 4.79 Å². The van der Waals surface area contributed by atoms with E-state index in [1.165, 1.54) is 6.07 Å². The molecule has 0 aliphatic heterocycles. The molecule has 0 amide bonds. The molecule has 1 N–H and O–H groups in total. The summed E-state index contributed by atoms with van der Waals surface area (Å²) in [6.07, 6.45) is 3.60. The highest BCUT2D eigenvalue weighted by Crippen LogP contribution is 2.30. The number of furan rings is 1. The van der Waals surface area contributed by atoms with Crippen molar-refractivity contribution in [2.75, 3.05) is 7.11 Å². The molecule has 1 heterocycles. The average molecular weight is 405 g/mol. The molecule has 0 aliphatic carbocycles. The number of benzene rings is 3. The maximum atomic E-state index is 11.4. The fraction of sp³-hybridized carbons (Fsp3) is 0.0417. The summed E-state index contributed by atoms with van der Waals surface area (Å²) in [5, 5.41) is 10.8. The summed E-state index contributed by atoms with van der Waals surface area (Å²) in [7, 11) is 1.64. The molecule has 0 saturated heterocycles. The van der Waals surface area contributed by atoms with Crippen LogP contribution in [0.4, 0.5) is 0 Å². The van der Waals surface area contributed by atoms with Crippen molar-refractivity contribution < 1.29 is 19.1 Å². The Balaban J connectivity index is 1.59. The number of aromatic carboxylic acids is 1. The van der Waals surface area contributed by atoms with Gasteiger partial charge in [0.2, 0.25) is 0 Å². The van der Waals surface area contributed by atoms with Gasteiger partial charge in [-0.3, -0.25) is 0 Å². The van der Waals surface area contributed by atoms with Crippen molar-refractivity contribution in [3.05, 3.63) is 88.4 Å². The van der Waals surface area contributed by atoms with Crippen molar-refractivity contribution in [2.45, 2.75) is 0 Å². The number of halogens is 1. The summed E-state index contributed by atoms with van der Waals surface area (Å²) in [5.41, 5.74) is 3.45. The van der Waals surface area contributed by atoms with Crippen molar-refractivity contribution in [1.82, 2.24) is 0 Å². The number of carboxylic acid groups (broad SMARTS) is 1. The van der Waals surface area contributed by atoms with E-state index in [9.17, 15) is 9.90 Å². The zero-order valence-corrected chi connectivity index (χ0v) is 16.3. The summed E-state index contributed by atoms with van der Waals surface area (Å²) >= 11 is 6.00. The normalized spacial score (nSPS) is 11.2. The topological polar surface area (TPSA) is 59.7 Å². The Kier molecular flexibility index (Phi) is 5.10. The molecule has 4 rings (SSSR count). The lowest BCUT2D eigenvalue weighted by molar-refractivity contribution is 0.0696. The Hall–Kier alpha value is -3.50. The Labute approximate surface area is 172 Å². The molecule has 0 saturated carbocycles. The van der Waals surface area contributed by atoms with Gasteiger partial charge < -0.3 is 14.3 Å². The lowest BCUT2D eigenvalue weighted by atomic mass is 10.0. The first-order chi connectivity index (χ1) is 14.0. The highest BCUT2D eigenvalue weighted by molar-refractivity contribution is 6.30. The summed E-state index contributed by atoms with van der Waals surface area (Å²) < 4.78 is 11.2. The minimum Gasteiger partial charge on any atom is -0.497 e. The van der Waals surface area contributed by atoms with E-state index in [1.807, 2.05) is 54.6 Å². The van der Waals surface area contributed by atoms with E-state index < -0.39 is 5.97 Å². The molecule has 0 unspecified atom stereocenters. The number of ether oxygens (including phenoxy) is 1. The van der Waals surface area contributed by atoms with Gasteiger partial charge in [0.1, 0.15) is 17.1 Å². The third-order valence-corrected chi connectivity index (χ3v) is 4.85. The van der Waals surface area contributed by atoms with E-state index >= 15 is 0 Å². The van der Waals surface area contributed by atoms with Crippen LogP contribution in [0.15, 0.2) is 71.1 Å². The van der Waals surface area contributed by atoms with Gasteiger partial charge in [-0.2, -0.15) is 0 Å². The minimum atomic E-state index is -0.988. The third-order valence-electron chi connectivity index (χ3n) is 4.62. The molecule has 0 atom stereocenters. The van der Waals surface area contributed by atoms with Crippen LogP contribution in [-0.2, 0) is 0 Å². The molecule has 4 nitrogen and oxygen atoms in total. The third kappa shape index (κ3) is 4.03. The summed E-state index contributed by atoms with van der Waals surface area (Å²) in [6.45, 7) is 0. The van der Waals surface area contributed by atoms with Crippen LogP contribution in [0.1, 0.15) is 21.5 Å². The zero-order valence-electron chi connectivity index (χ0n) is 15.6. The number of methoxy groups -OCH3 is 1. The van der Waals surface area contributed by atoms with Crippen LogP contribution in [-0.4, -0.2) is 18.2 Å². The van der Waals surface area contributed by atoms with Crippen LogP contribution < -0.4 is 4.74 Å². The van der Waals surface area contributed by atoms with Crippen LogP contribution in [0.25, 0.3) is 34.4 Å². The van der Waals surface area contributed by atoms with E-state index in [-0.39, 0.29) is 5.56 Å². The van der Waals surface area contributed by atoms with Crippen molar-refractivity contribution in [3.63, 3.8) is 0 Å². The molecule has 4 aromatic rings. The average Bonchev–Trinajstić information content (AvgIpc) is 3.15. The predicted molar refractivity (Wildman–Crippen MR) is 116 cm³/mol. The molecule has 0 fully saturated rings. The van der Waals surface area contributed by atoms with Crippen LogP contribution in [0.3, 0.4) is 0 Å². The Morgan fingerprint density at radius 2 is 1.79 bits per heavy atom. The standard InChI is InChI=1S/C24H17ClO4/c1-28-20-9-11-22-18(13-20)14-23(29-22)16-5-2-15(3-6-16)4-7-17-12-19(25)8-10-21(17)24(26)27/h2-14H,1H3,(H,26,27)/b7-4+. The van der Waals surface area contributed by atoms with Crippen LogP contribution in [0.5, 0.6) is 5.75 Å². The first-order valence-electron chi connectivity index (χ1n) is 8.92. The van der Waals surface area contributed by atoms with E-state index in [1.54, 1.807) is 25.3 Å². The first-order valence-corrected chi connectivity index (χ1v) is 9.30. The quantitative estimate of drug-likeness (QED) is 0.379. The maximum Gasteiger partial charge on any atom is 0.336 e. The summed E-state index contributed by atoms with van der Waals surface area (Å²) in [4.78, 5) is 11.4. The fourth-order valence-electron chi connectivity index (χ4n) is 3.10. The van der Waals surface area contributed by atoms with E-state index in [0.29, 0.717) is 10.6 Å². The van der Waals surface area contributed by atoms with Crippen LogP contribution >= 0.6 is 11.6 Å². The highest BCUT2D eigenvalue weighted by atomic mass is 35.5. The molecule has 0 aliphatic rings. The number of rotatable bonds is 5. The molecule has 1 aromatic heterocycles. The lowest BCUT2D eigenvalue weighted by Gasteiger charge is -2.02. The molecular weight excluding hydrogens is 388 g/mol. The van der Waals surface area contributed by atoms with Gasteiger partial charge in [0.25, 0.3) is 0 Å². The molecule has 0 bridgehead atoms. The van der Waals surface area contributed by atoms with Crippen molar-refractivity contribution in [3.8, 4) is 17.1 Å². The molecule has 144 valence electrons. The molecule has 29 heavy (non-hydrogen) atoms. The lowest BCUT2D eigenvalue weighted by Crippen LogP contribution is -1.98. The Morgan fingerprint density at radius 3 is 2.52 bits per heavy atom. The smallest absolute Gasteiger partial charge is 0.336 e. The number of carboxylic acids is 1. The highest BCUT2D eigenvalue weighted by Gasteiger charge is 2.09. The van der Waals surface area contributed by atoms with Gasteiger partial charge in [0, 0.05) is 16.0 Å². The largest absolute Gasteiger partial charge is 0.497 e. The predicted octanol–water partition coefficient (Wildman–Crippen LogP) is 6.63. The summed E-state index contributed by atoms with van der Waals surface area (Å²) in [5.74, 6) is 0.567. The van der Waals surface area contributed by atoms with Gasteiger partial charge in [-0.15, -0.1) is 0 Å². The van der Waals surface area contributed by atoms with Crippen LogP contribution in [0, 0.1) is 0 Å². The number of hydrogen-bond donors (Lipinski definition) is 1. The van der Waals surface area contributed by atoms with Gasteiger partial charge in [-0.05, 0) is 53.6 Å². The van der Waals surface area contributed by atoms with E-state index in [4.69, 9.17) is 20.8 Å². The summed E-state index contributed by atoms with van der Waals surface area (Å²) in [6, 6.07) is 20.2. The first kappa shape index (κ1) is 18.8. The Bertz CT molecular complexity index is 1220. The SMILES string of the molecule is COc1ccc2oc(-c3ccc(/C=C/c4cc(Cl)ccc4C(=O)O)cc3)cc2c1. The molecular formula is C24H17ClO4. The second-order valence-electron chi connectivity index (χ2n) is 6.51. The van der Waals surface area contributed by atoms with Crippen molar-refractivity contribution in [1.29, 1.82) is 0 Å². The maximum absolute atomic E-state index is 11.4. The van der Waals surface area contributed by atoms with Crippen LogP contribution in [0.2, 0.25) is 5.02 Å². The molecule has 5 heteroatoms.